The van der Waals surface area contributed by atoms with Crippen LogP contribution in [0.3, 0.4) is 0 Å². The van der Waals surface area contributed by atoms with Crippen LogP contribution in [0.25, 0.3) is 0 Å². The molecule has 0 radical (unpaired) electrons. The van der Waals surface area contributed by atoms with Crippen molar-refractivity contribution in [3.8, 4) is 0 Å². The average Bonchev–Trinajstić information content (AvgIpc) is 1.94. The summed E-state index contributed by atoms with van der Waals surface area (Å²) in [4.78, 5) is 4.08. The van der Waals surface area contributed by atoms with Crippen molar-refractivity contribution in [1.29, 1.82) is 0 Å². The van der Waals surface area contributed by atoms with Gasteiger partial charge in [0.25, 0.3) is 0 Å². The van der Waals surface area contributed by atoms with Crippen LogP contribution in [-0.4, -0.2) is 32.4 Å². The maximum atomic E-state index is 8.83. The van der Waals surface area contributed by atoms with Gasteiger partial charge in [0.15, 0.2) is 0 Å². The van der Waals surface area contributed by atoms with E-state index in [0.717, 1.165) is 11.4 Å². The van der Waals surface area contributed by atoms with Crippen LogP contribution in [0.15, 0.2) is 17.1 Å². The van der Waals surface area contributed by atoms with E-state index in [0.29, 0.717) is 0 Å². The van der Waals surface area contributed by atoms with E-state index < -0.39 is 10.2 Å². The summed E-state index contributed by atoms with van der Waals surface area (Å²) < 4.78 is 30.2. The standard InChI is InChI=1S/C9H18N2.ClH3O4/c1-7(2)8(10-6)11-9(3,4)5;2-1(3,4)5/h1H2,2-6H3,(H,10,11);2-4H. The molecule has 0 bridgehead atoms. The molecule has 0 aromatic heterocycles. The van der Waals surface area contributed by atoms with Gasteiger partial charge in [0.05, 0.1) is 0 Å². The van der Waals surface area contributed by atoms with Gasteiger partial charge in [0.2, 0.25) is 0 Å². The molecular weight excluding hydrogens is 236 g/mol. The minimum atomic E-state index is -4.19. The fourth-order valence-corrected chi connectivity index (χ4v) is 0.709. The molecule has 0 saturated carbocycles. The Labute approximate surface area is 98.1 Å². The Kier molecular flexibility index (Phi) is 7.56. The van der Waals surface area contributed by atoms with Gasteiger partial charge >= 0.3 is 28.9 Å². The summed E-state index contributed by atoms with van der Waals surface area (Å²) >= 11 is 0. The van der Waals surface area contributed by atoms with Crippen molar-refractivity contribution < 1.29 is 28.9 Å². The van der Waals surface area contributed by atoms with Crippen LogP contribution >= 0.6 is 0 Å². The molecule has 0 unspecified atom stereocenters. The van der Waals surface area contributed by atoms with Crippen LogP contribution in [0.1, 0.15) is 27.7 Å². The van der Waals surface area contributed by atoms with Crippen LogP contribution in [0.4, 0.5) is 0 Å². The van der Waals surface area contributed by atoms with Crippen LogP contribution in [0, 0.1) is 10.2 Å². The van der Waals surface area contributed by atoms with Crippen LogP contribution in [-0.2, 0) is 0 Å². The predicted molar refractivity (Wildman–Crippen MR) is 57.7 cm³/mol. The number of rotatable bonds is 1. The number of nitrogens with zero attached hydrogens (tertiary/aromatic N) is 1. The molecule has 0 aromatic rings. The van der Waals surface area contributed by atoms with E-state index in [2.05, 4.69) is 37.7 Å². The van der Waals surface area contributed by atoms with Gasteiger partial charge in [-0.2, -0.15) is 0 Å². The molecule has 0 aliphatic heterocycles. The number of aliphatic imine (C=N–C) groups is 1. The van der Waals surface area contributed by atoms with Crippen molar-refractivity contribution in [2.24, 2.45) is 4.99 Å². The van der Waals surface area contributed by atoms with Crippen molar-refractivity contribution in [3.63, 3.8) is 0 Å². The summed E-state index contributed by atoms with van der Waals surface area (Å²) in [5.41, 5.74) is 1.04. The van der Waals surface area contributed by atoms with Crippen molar-refractivity contribution in [2.75, 3.05) is 7.05 Å². The first-order valence-corrected chi connectivity index (χ1v) is 5.76. The van der Waals surface area contributed by atoms with E-state index in [-0.39, 0.29) is 5.54 Å². The molecule has 16 heavy (non-hydrogen) atoms. The molecule has 0 rings (SSSR count). The molecule has 6 nitrogen and oxygen atoms in total. The van der Waals surface area contributed by atoms with Gasteiger partial charge in [-0.3, -0.25) is 4.99 Å². The van der Waals surface area contributed by atoms with Gasteiger partial charge in [0.1, 0.15) is 5.84 Å². The topological polar surface area (TPSA) is 108 Å². The number of amidine groups is 1. The van der Waals surface area contributed by atoms with Crippen LogP contribution in [0.2, 0.25) is 0 Å². The van der Waals surface area contributed by atoms with Crippen molar-refractivity contribution in [1.82, 2.24) is 5.32 Å². The van der Waals surface area contributed by atoms with Gasteiger partial charge in [-0.1, -0.05) is 6.58 Å². The van der Waals surface area contributed by atoms with Crippen LogP contribution in [0.5, 0.6) is 0 Å². The summed E-state index contributed by atoms with van der Waals surface area (Å²) in [5, 5.41) is 3.26. The number of hydrogen-bond acceptors (Lipinski definition) is 5. The SMILES string of the molecule is C=C(C)C(=NC)NC(C)(C)C.[O-][Cl+](O)(O)O. The Balaban J connectivity index is 0. The Hall–Kier alpha value is -0.660. The molecule has 4 N–H and O–H groups in total. The first-order valence-electron chi connectivity index (χ1n) is 4.44. The fraction of sp³-hybridized carbons (Fsp3) is 0.667. The van der Waals surface area contributed by atoms with E-state index in [1.54, 1.807) is 7.05 Å². The zero-order valence-corrected chi connectivity index (χ0v) is 11.0. The molecule has 0 heterocycles. The van der Waals surface area contributed by atoms with Crippen molar-refractivity contribution in [2.45, 2.75) is 33.2 Å². The molecule has 0 aliphatic rings. The summed E-state index contributed by atoms with van der Waals surface area (Å²) in [7, 11) is -2.43. The van der Waals surface area contributed by atoms with E-state index in [9.17, 15) is 0 Å². The normalized spacial score (nSPS) is 13.7. The number of hydrogen-bond donors (Lipinski definition) is 4. The Morgan fingerprint density at radius 3 is 1.69 bits per heavy atom. The second-order valence-electron chi connectivity index (χ2n) is 4.16. The second kappa shape index (κ2) is 6.82. The second-order valence-corrected chi connectivity index (χ2v) is 5.03. The van der Waals surface area contributed by atoms with Crippen molar-refractivity contribution in [3.05, 3.63) is 12.2 Å². The van der Waals surface area contributed by atoms with E-state index in [1.807, 2.05) is 6.92 Å². The Bertz CT molecular complexity index is 247. The summed E-state index contributed by atoms with van der Waals surface area (Å²) in [5.74, 6) is 0.887. The molecule has 0 amide bonds. The number of nitrogens with one attached hydrogen (secondary N) is 1. The number of halogens is 1. The molecule has 0 atom stereocenters. The average molecular weight is 257 g/mol. The quantitative estimate of drug-likeness (QED) is 0.360. The van der Waals surface area contributed by atoms with Crippen molar-refractivity contribution >= 4 is 5.84 Å². The van der Waals surface area contributed by atoms with Gasteiger partial charge < -0.3 is 5.32 Å². The van der Waals surface area contributed by atoms with Gasteiger partial charge in [0, 0.05) is 12.6 Å². The zero-order valence-electron chi connectivity index (χ0n) is 10.3. The molecule has 0 fully saturated rings. The first-order chi connectivity index (χ1) is 6.87. The maximum absolute atomic E-state index is 8.83. The Morgan fingerprint density at radius 2 is 1.62 bits per heavy atom. The summed E-state index contributed by atoms with van der Waals surface area (Å²) in [6.07, 6.45) is 0. The molecule has 7 heteroatoms. The first kappa shape index (κ1) is 17.7. The van der Waals surface area contributed by atoms with Gasteiger partial charge in [-0.15, -0.1) is 0 Å². The monoisotopic (exact) mass is 256 g/mol. The molecule has 0 spiro atoms. The molecule has 98 valence electrons. The summed E-state index contributed by atoms with van der Waals surface area (Å²) in [6, 6.07) is 0. The Morgan fingerprint density at radius 1 is 1.31 bits per heavy atom. The predicted octanol–water partition coefficient (Wildman–Crippen LogP) is -0.881. The summed E-state index contributed by atoms with van der Waals surface area (Å²) in [6.45, 7) is 12.1. The third-order valence-corrected chi connectivity index (χ3v) is 1.12. The molecule has 0 aromatic carbocycles. The van der Waals surface area contributed by atoms with Gasteiger partial charge in [-0.05, 0) is 33.3 Å². The third-order valence-electron chi connectivity index (χ3n) is 1.12. The molecule has 0 aliphatic carbocycles. The molecular formula is C9H21ClN2O4. The van der Waals surface area contributed by atoms with E-state index in [1.165, 1.54) is 0 Å². The van der Waals surface area contributed by atoms with E-state index >= 15 is 0 Å². The minimum absolute atomic E-state index is 0.0633. The van der Waals surface area contributed by atoms with Crippen LogP contribution < -0.4 is 9.98 Å². The fourth-order valence-electron chi connectivity index (χ4n) is 0.709. The van der Waals surface area contributed by atoms with Gasteiger partial charge in [-0.25, -0.2) is 0 Å². The van der Waals surface area contributed by atoms with E-state index in [4.69, 9.17) is 18.6 Å². The third kappa shape index (κ3) is 19.0. The molecule has 0 saturated heterocycles. The zero-order chi connectivity index (χ0) is 13.6.